The van der Waals surface area contributed by atoms with Crippen LogP contribution in [-0.2, 0) is 33.4 Å². The van der Waals surface area contributed by atoms with Crippen LogP contribution in [0.1, 0.15) is 171 Å². The van der Waals surface area contributed by atoms with Gasteiger partial charge < -0.3 is 75.4 Å². The van der Waals surface area contributed by atoms with Gasteiger partial charge in [-0.25, -0.2) is 34.3 Å². The molecule has 8 atom stereocenters. The molecule has 6 amide bonds. The monoisotopic (exact) mass is 1650 g/mol. The van der Waals surface area contributed by atoms with Crippen molar-refractivity contribution in [2.75, 3.05) is 40.4 Å². The van der Waals surface area contributed by atoms with Crippen molar-refractivity contribution in [1.82, 2.24) is 70.1 Å². The van der Waals surface area contributed by atoms with Crippen molar-refractivity contribution < 1.29 is 58.0 Å². The first-order chi connectivity index (χ1) is 58.8. The summed E-state index contributed by atoms with van der Waals surface area (Å²) in [6.07, 6.45) is 11.2. The average molecular weight is 1650 g/mol. The summed E-state index contributed by atoms with van der Waals surface area (Å²) in [4.78, 5) is 127. The summed E-state index contributed by atoms with van der Waals surface area (Å²) in [6.45, 7) is 15.7. The summed E-state index contributed by atoms with van der Waals surface area (Å²) in [6, 6.07) is 57.1. The zero-order valence-corrected chi connectivity index (χ0v) is 70.0. The van der Waals surface area contributed by atoms with Crippen molar-refractivity contribution in [3.8, 4) is 67.3 Å². The molecule has 16 rings (SSSR count). The van der Waals surface area contributed by atoms with Crippen LogP contribution in [0.3, 0.4) is 0 Å². The molecule has 0 saturated carbocycles. The van der Waals surface area contributed by atoms with Crippen molar-refractivity contribution in [2.24, 2.45) is 17.6 Å². The summed E-state index contributed by atoms with van der Waals surface area (Å²) >= 11 is 0. The molecule has 0 aliphatic carbocycles. The van der Waals surface area contributed by atoms with E-state index in [-0.39, 0.29) is 59.8 Å². The van der Waals surface area contributed by atoms with Crippen LogP contribution in [0.4, 0.5) is 14.4 Å². The molecule has 4 aromatic heterocycles. The van der Waals surface area contributed by atoms with Crippen LogP contribution in [0.2, 0.25) is 0 Å². The molecule has 12 aromatic rings. The third kappa shape index (κ3) is 19.4. The summed E-state index contributed by atoms with van der Waals surface area (Å²) in [5, 5.41) is 29.1. The highest BCUT2D eigenvalue weighted by molar-refractivity contribution is 5.93. The van der Waals surface area contributed by atoms with E-state index in [2.05, 4.69) is 162 Å². The number of nitrogens with zero attached hydrogens (tertiary/aromatic N) is 8. The summed E-state index contributed by atoms with van der Waals surface area (Å²) in [5.41, 5.74) is 17.9. The Kier molecular flexibility index (Phi) is 26.2. The van der Waals surface area contributed by atoms with Crippen LogP contribution in [-0.4, -0.2) is 170 Å². The number of fused-ring (bicyclic) bond motifs is 2. The van der Waals surface area contributed by atoms with Crippen LogP contribution in [0.5, 0.6) is 0 Å². The Morgan fingerprint density at radius 1 is 0.418 bits per heavy atom. The second-order valence-electron chi connectivity index (χ2n) is 33.1. The minimum absolute atomic E-state index is 0.0963. The number of benzene rings is 8. The maximum Gasteiger partial charge on any atom is 0.410 e. The number of aliphatic hydroxyl groups excluding tert-OH is 1. The Morgan fingerprint density at radius 2 is 0.721 bits per heavy atom. The minimum atomic E-state index is -1.20. The van der Waals surface area contributed by atoms with Gasteiger partial charge in [-0.05, 0) is 174 Å². The van der Waals surface area contributed by atoms with Crippen molar-refractivity contribution in [3.63, 3.8) is 0 Å². The Balaban J connectivity index is 0.000000177. The van der Waals surface area contributed by atoms with E-state index >= 15 is 0 Å². The number of nitrogens with two attached hydrogens (primary N) is 1. The highest BCUT2D eigenvalue weighted by Crippen LogP contribution is 2.40. The molecule has 122 heavy (non-hydrogen) atoms. The number of carboxylic acids is 1. The molecule has 4 fully saturated rings. The number of hydrogen-bond donors (Lipinski definition) is 9. The molecule has 632 valence electrons. The number of methoxy groups -OCH3 is 2. The molecule has 10 N–H and O–H groups in total. The SMILES string of the molecule is COC(=O)N[C@H](C(=O)N1CCC[C@H]1c1ncc(-c2ccc3cc(-c4ccc(-c5cnc([C@@H]6CCCN6C(=O)OC(C)(C)C)[nH]5)cc4)ccc3c2)[nH]1)C(C)C.COC(=O)N[C@H](C(=O)N1CCC[C@H]1c1ncc(-c2ccc3cc(-c4ccc(-c5cnc([C@@H]6CCCN6C(=O)[C@H](O)c6ccccc6)[nH]5)cc4)ccc3c2)[nH]1)C(C)C.N[C@@H](C(=O)O)c1ccccc1. The lowest BCUT2D eigenvalue weighted by Gasteiger charge is -2.30. The van der Waals surface area contributed by atoms with E-state index in [1.807, 2.05) is 107 Å². The molecule has 4 aliphatic heterocycles. The second kappa shape index (κ2) is 37.6. The number of imidazole rings is 4. The molecule has 4 aliphatic rings. The van der Waals surface area contributed by atoms with Crippen LogP contribution >= 0.6 is 0 Å². The van der Waals surface area contributed by atoms with E-state index in [0.717, 1.165) is 163 Å². The molecular formula is C95H105N15O12. The number of carbonyl (C=O) groups excluding carboxylic acids is 6. The van der Waals surface area contributed by atoms with Gasteiger partial charge in [0.2, 0.25) is 11.8 Å². The van der Waals surface area contributed by atoms with Crippen LogP contribution in [0, 0.1) is 11.8 Å². The maximum atomic E-state index is 13.6. The number of nitrogens with one attached hydrogen (secondary N) is 6. The van der Waals surface area contributed by atoms with Crippen LogP contribution in [0.25, 0.3) is 88.8 Å². The number of aliphatic carboxylic acids is 1. The first kappa shape index (κ1) is 85.2. The Labute approximate surface area is 708 Å². The van der Waals surface area contributed by atoms with E-state index in [9.17, 15) is 38.7 Å². The molecule has 0 radical (unpaired) electrons. The Hall–Kier alpha value is -13.3. The van der Waals surface area contributed by atoms with Gasteiger partial charge in [-0.2, -0.15) is 0 Å². The number of ether oxygens (including phenoxy) is 3. The molecule has 27 nitrogen and oxygen atoms in total. The first-order valence-corrected chi connectivity index (χ1v) is 41.6. The quantitative estimate of drug-likeness (QED) is 0.0320. The number of aromatic amines is 4. The molecule has 0 spiro atoms. The van der Waals surface area contributed by atoms with E-state index < -0.39 is 48.0 Å². The lowest BCUT2D eigenvalue weighted by atomic mass is 9.98. The number of carbonyl (C=O) groups is 7. The van der Waals surface area contributed by atoms with Gasteiger partial charge in [-0.15, -0.1) is 0 Å². The highest BCUT2D eigenvalue weighted by Gasteiger charge is 2.41. The molecule has 0 bridgehead atoms. The number of carboxylic acid groups (broad SMARTS) is 1. The molecule has 0 unspecified atom stereocenters. The van der Waals surface area contributed by atoms with Gasteiger partial charge in [-0.1, -0.05) is 185 Å². The number of rotatable bonds is 20. The highest BCUT2D eigenvalue weighted by atomic mass is 16.6. The normalized spacial score (nSPS) is 17.5. The van der Waals surface area contributed by atoms with Crippen LogP contribution in [0.15, 0.2) is 207 Å². The van der Waals surface area contributed by atoms with Crippen molar-refractivity contribution in [3.05, 3.63) is 241 Å². The second-order valence-corrected chi connectivity index (χ2v) is 33.1. The number of H-pyrrole nitrogens is 4. The fraction of sp³-hybridized carbons (Fsp3) is 0.337. The topological polar surface area (TPSA) is 365 Å². The average Bonchev–Trinajstić information content (AvgIpc) is 1.44. The number of aliphatic hydroxyl groups is 1. The molecule has 4 saturated heterocycles. The maximum absolute atomic E-state index is 13.6. The Bertz CT molecular complexity index is 5700. The predicted molar refractivity (Wildman–Crippen MR) is 466 cm³/mol. The van der Waals surface area contributed by atoms with Gasteiger partial charge in [0.15, 0.2) is 6.10 Å². The number of amides is 6. The lowest BCUT2D eigenvalue weighted by molar-refractivity contribution is -0.142. The molecule has 8 heterocycles. The zero-order chi connectivity index (χ0) is 86.0. The van der Waals surface area contributed by atoms with Gasteiger partial charge in [0.25, 0.3) is 5.91 Å². The van der Waals surface area contributed by atoms with Gasteiger partial charge in [0.1, 0.15) is 47.0 Å². The standard InChI is InChI=1S/C45H47N7O5.C42H49N7O5.C8H9NO2/c1-27(2)39(50-45(56)57-3)43(54)51-21-7-11-37(51)41-47-26-36(49-41)34-20-19-32-23-31(17-18-33(32)24-34)28-13-15-29(16-14-28)35-25-46-42(48-35)38-12-8-22-52(38)44(55)40(53)30-9-5-4-6-10-30;1-25(2)36(47-40(51)53-6)39(50)48-19-7-9-34(48)37-44-24-33(46-37)31-18-17-29-21-28(15-16-30(29)22-31)26-11-13-27(14-12-26)32-23-43-38(45-32)35-10-8-20-49(35)41(52)54-42(3,4)5;9-7(8(10)11)6-4-2-1-3-5-6/h4-6,9-10,13-20,23-27,37-40,53H,7-8,11-12,21-22H2,1-3H3,(H,46,48)(H,47,49)(H,50,56);11-18,21-25,34-36H,7-10,19-20H2,1-6H3,(H,43,45)(H,44,46)(H,47,51);1-5,7H,9H2,(H,10,11)/t37-,38-,39-,40+;34-,35-,36-;7-/m001/s1. The van der Waals surface area contributed by atoms with E-state index in [0.29, 0.717) is 37.3 Å². The minimum Gasteiger partial charge on any atom is -0.480 e. The predicted octanol–water partition coefficient (Wildman–Crippen LogP) is 16.9. The van der Waals surface area contributed by atoms with Gasteiger partial charge in [-0.3, -0.25) is 24.1 Å². The van der Waals surface area contributed by atoms with Crippen molar-refractivity contribution in [1.29, 1.82) is 0 Å². The van der Waals surface area contributed by atoms with Crippen molar-refractivity contribution in [2.45, 2.75) is 154 Å². The summed E-state index contributed by atoms with van der Waals surface area (Å²) < 4.78 is 15.2. The summed E-state index contributed by atoms with van der Waals surface area (Å²) in [7, 11) is 2.59. The van der Waals surface area contributed by atoms with E-state index in [4.69, 9.17) is 35.0 Å². The van der Waals surface area contributed by atoms with Crippen molar-refractivity contribution >= 4 is 63.5 Å². The molecule has 27 heteroatoms. The number of likely N-dealkylation sites (tertiary alicyclic amines) is 4. The third-order valence-electron chi connectivity index (χ3n) is 23.1. The zero-order valence-electron chi connectivity index (χ0n) is 70.0. The lowest BCUT2D eigenvalue weighted by Crippen LogP contribution is -2.51. The number of hydrogen-bond acceptors (Lipinski definition) is 16. The number of aromatic nitrogens is 8. The first-order valence-electron chi connectivity index (χ1n) is 41.6. The van der Waals surface area contributed by atoms with Gasteiger partial charge in [0.05, 0.1) is 86.0 Å². The fourth-order valence-corrected chi connectivity index (χ4v) is 16.5. The van der Waals surface area contributed by atoms with E-state index in [1.54, 1.807) is 46.2 Å². The smallest absolute Gasteiger partial charge is 0.410 e. The summed E-state index contributed by atoms with van der Waals surface area (Å²) in [5.74, 6) is 1.20. The number of alkyl carbamates (subject to hydrolysis) is 2. The Morgan fingerprint density at radius 3 is 1.07 bits per heavy atom. The largest absolute Gasteiger partial charge is 0.480 e. The fourth-order valence-electron chi connectivity index (χ4n) is 16.5. The van der Waals surface area contributed by atoms with Crippen LogP contribution < -0.4 is 16.4 Å². The van der Waals surface area contributed by atoms with Gasteiger partial charge >= 0.3 is 24.2 Å². The van der Waals surface area contributed by atoms with E-state index in [1.165, 1.54) is 14.2 Å². The van der Waals surface area contributed by atoms with Gasteiger partial charge in [0, 0.05) is 37.3 Å². The molecular weight excluding hydrogens is 1540 g/mol. The third-order valence-corrected chi connectivity index (χ3v) is 23.1. The molecule has 8 aromatic carbocycles.